The number of aryl methyl sites for hydroxylation is 1. The van der Waals surface area contributed by atoms with Crippen molar-refractivity contribution in [2.75, 3.05) is 24.7 Å². The zero-order chi connectivity index (χ0) is 12.5. The van der Waals surface area contributed by atoms with E-state index >= 15 is 0 Å². The molecule has 2 heterocycles. The third-order valence-electron chi connectivity index (χ3n) is 3.41. The van der Waals surface area contributed by atoms with Crippen molar-refractivity contribution in [2.24, 2.45) is 5.41 Å². The largest absolute Gasteiger partial charge is 0.356 e. The highest BCUT2D eigenvalue weighted by molar-refractivity contribution is 6.29. The molecule has 0 saturated carbocycles. The van der Waals surface area contributed by atoms with E-state index in [1.165, 1.54) is 0 Å². The Hall–Kier alpha value is -0.900. The van der Waals surface area contributed by atoms with Crippen LogP contribution in [0.25, 0.3) is 0 Å². The number of alkyl halides is 1. The average molecular weight is 258 g/mol. The predicted molar refractivity (Wildman–Crippen MR) is 67.3 cm³/mol. The van der Waals surface area contributed by atoms with E-state index in [2.05, 4.69) is 14.9 Å². The van der Waals surface area contributed by atoms with Crippen LogP contribution in [0.5, 0.6) is 0 Å². The molecule has 94 valence electrons. The van der Waals surface area contributed by atoms with Crippen molar-refractivity contribution in [1.29, 1.82) is 0 Å². The zero-order valence-electron chi connectivity index (χ0n) is 10.2. The van der Waals surface area contributed by atoms with E-state index in [1.807, 2.05) is 13.8 Å². The van der Waals surface area contributed by atoms with Gasteiger partial charge in [-0.05, 0) is 25.2 Å². The van der Waals surface area contributed by atoms with Gasteiger partial charge in [0.1, 0.15) is 16.8 Å². The molecule has 0 N–H and O–H groups in total. The molecule has 17 heavy (non-hydrogen) atoms. The lowest BCUT2D eigenvalue weighted by Crippen LogP contribution is -2.40. The summed E-state index contributed by atoms with van der Waals surface area (Å²) in [7, 11) is 0. The fourth-order valence-electron chi connectivity index (χ4n) is 2.09. The van der Waals surface area contributed by atoms with Crippen LogP contribution in [0, 0.1) is 12.3 Å². The van der Waals surface area contributed by atoms with Gasteiger partial charge in [-0.1, -0.05) is 18.5 Å². The summed E-state index contributed by atoms with van der Waals surface area (Å²) in [4.78, 5) is 10.6. The standard InChI is InChI=1S/C12H17ClFN3/c1-9-15-10(13)7-11(16-9)17-5-3-12(2,8-14)4-6-17/h7H,3-6,8H2,1-2H3. The van der Waals surface area contributed by atoms with Gasteiger partial charge in [0, 0.05) is 19.2 Å². The number of hydrogen-bond donors (Lipinski definition) is 0. The van der Waals surface area contributed by atoms with Crippen LogP contribution in [-0.4, -0.2) is 29.7 Å². The van der Waals surface area contributed by atoms with Gasteiger partial charge in [-0.2, -0.15) is 0 Å². The second-order valence-corrected chi connectivity index (χ2v) is 5.41. The molecule has 0 atom stereocenters. The van der Waals surface area contributed by atoms with Crippen LogP contribution in [0.2, 0.25) is 5.15 Å². The minimum atomic E-state index is -0.246. The number of rotatable bonds is 2. The zero-order valence-corrected chi connectivity index (χ0v) is 11.0. The Kier molecular flexibility index (Phi) is 3.52. The molecule has 0 aliphatic carbocycles. The third kappa shape index (κ3) is 2.86. The van der Waals surface area contributed by atoms with Gasteiger partial charge in [-0.3, -0.25) is 4.39 Å². The molecule has 0 radical (unpaired) electrons. The first-order chi connectivity index (χ1) is 8.02. The Labute approximate surface area is 106 Å². The number of hydrogen-bond acceptors (Lipinski definition) is 3. The molecule has 1 aliphatic heterocycles. The first-order valence-electron chi connectivity index (χ1n) is 5.84. The van der Waals surface area contributed by atoms with Gasteiger partial charge in [-0.15, -0.1) is 0 Å². The Bertz CT molecular complexity index is 382. The molecule has 0 aromatic carbocycles. The summed E-state index contributed by atoms with van der Waals surface area (Å²) >= 11 is 5.91. The van der Waals surface area contributed by atoms with Crippen molar-refractivity contribution in [1.82, 2.24) is 9.97 Å². The number of piperidine rings is 1. The van der Waals surface area contributed by atoms with Gasteiger partial charge in [0.15, 0.2) is 0 Å². The SMILES string of the molecule is Cc1nc(Cl)cc(N2CCC(C)(CF)CC2)n1. The number of anilines is 1. The van der Waals surface area contributed by atoms with E-state index in [1.54, 1.807) is 6.07 Å². The summed E-state index contributed by atoms with van der Waals surface area (Å²) in [5, 5.41) is 0.464. The second-order valence-electron chi connectivity index (χ2n) is 5.03. The van der Waals surface area contributed by atoms with E-state index in [0.717, 1.165) is 31.7 Å². The van der Waals surface area contributed by atoms with Gasteiger partial charge in [-0.25, -0.2) is 9.97 Å². The molecule has 1 aromatic rings. The van der Waals surface area contributed by atoms with Gasteiger partial charge < -0.3 is 4.90 Å². The van der Waals surface area contributed by atoms with Crippen molar-refractivity contribution in [3.05, 3.63) is 17.0 Å². The van der Waals surface area contributed by atoms with Crippen molar-refractivity contribution in [3.8, 4) is 0 Å². The Morgan fingerprint density at radius 1 is 1.41 bits per heavy atom. The normalized spacial score (nSPS) is 19.4. The predicted octanol–water partition coefficient (Wildman–Crippen LogP) is 3.01. The maximum atomic E-state index is 12.9. The quantitative estimate of drug-likeness (QED) is 0.763. The summed E-state index contributed by atoms with van der Waals surface area (Å²) in [6.45, 7) is 5.23. The smallest absolute Gasteiger partial charge is 0.134 e. The second kappa shape index (κ2) is 4.77. The van der Waals surface area contributed by atoms with E-state index in [9.17, 15) is 4.39 Å². The average Bonchev–Trinajstić information content (AvgIpc) is 2.29. The van der Waals surface area contributed by atoms with Crippen LogP contribution in [0.1, 0.15) is 25.6 Å². The van der Waals surface area contributed by atoms with Crippen molar-refractivity contribution in [3.63, 3.8) is 0 Å². The number of halogens is 2. The van der Waals surface area contributed by atoms with E-state index in [0.29, 0.717) is 11.0 Å². The fourth-order valence-corrected chi connectivity index (χ4v) is 2.31. The number of nitrogens with zero attached hydrogens (tertiary/aromatic N) is 3. The summed E-state index contributed by atoms with van der Waals surface area (Å²) in [6.07, 6.45) is 1.70. The highest BCUT2D eigenvalue weighted by atomic mass is 35.5. The topological polar surface area (TPSA) is 29.0 Å². The minimum Gasteiger partial charge on any atom is -0.356 e. The van der Waals surface area contributed by atoms with Crippen LogP contribution >= 0.6 is 11.6 Å². The van der Waals surface area contributed by atoms with Gasteiger partial charge in [0.2, 0.25) is 0 Å². The van der Waals surface area contributed by atoms with Crippen LogP contribution in [0.4, 0.5) is 10.2 Å². The molecule has 0 bridgehead atoms. The van der Waals surface area contributed by atoms with Crippen LogP contribution in [0.15, 0.2) is 6.07 Å². The molecule has 1 aromatic heterocycles. The lowest BCUT2D eigenvalue weighted by Gasteiger charge is -2.38. The first-order valence-corrected chi connectivity index (χ1v) is 6.22. The fraction of sp³-hybridized carbons (Fsp3) is 0.667. The summed E-state index contributed by atoms with van der Waals surface area (Å²) in [5.74, 6) is 1.52. The lowest BCUT2D eigenvalue weighted by molar-refractivity contribution is 0.183. The molecule has 1 saturated heterocycles. The van der Waals surface area contributed by atoms with Crippen LogP contribution in [-0.2, 0) is 0 Å². The molecular weight excluding hydrogens is 241 g/mol. The maximum Gasteiger partial charge on any atom is 0.134 e. The molecular formula is C12H17ClFN3. The summed E-state index contributed by atoms with van der Waals surface area (Å²) in [5.41, 5.74) is -0.164. The maximum absolute atomic E-state index is 12.9. The molecule has 5 heteroatoms. The molecule has 0 amide bonds. The molecule has 0 spiro atoms. The minimum absolute atomic E-state index is 0.164. The third-order valence-corrected chi connectivity index (χ3v) is 3.60. The first kappa shape index (κ1) is 12.6. The van der Waals surface area contributed by atoms with Gasteiger partial charge in [0.25, 0.3) is 0 Å². The molecule has 1 fully saturated rings. The molecule has 2 rings (SSSR count). The van der Waals surface area contributed by atoms with Crippen molar-refractivity contribution >= 4 is 17.4 Å². The lowest BCUT2D eigenvalue weighted by atomic mass is 9.82. The van der Waals surface area contributed by atoms with Gasteiger partial charge in [0.05, 0.1) is 6.67 Å². The van der Waals surface area contributed by atoms with Crippen LogP contribution < -0.4 is 4.90 Å². The Balaban J connectivity index is 2.10. The molecule has 0 unspecified atom stereocenters. The monoisotopic (exact) mass is 257 g/mol. The highest BCUT2D eigenvalue weighted by Gasteiger charge is 2.30. The molecule has 1 aliphatic rings. The van der Waals surface area contributed by atoms with Crippen molar-refractivity contribution in [2.45, 2.75) is 26.7 Å². The van der Waals surface area contributed by atoms with Crippen molar-refractivity contribution < 1.29 is 4.39 Å². The Morgan fingerprint density at radius 2 is 2.06 bits per heavy atom. The Morgan fingerprint density at radius 3 is 2.59 bits per heavy atom. The summed E-state index contributed by atoms with van der Waals surface area (Å²) < 4.78 is 12.9. The van der Waals surface area contributed by atoms with Gasteiger partial charge >= 0.3 is 0 Å². The van der Waals surface area contributed by atoms with E-state index < -0.39 is 0 Å². The molecule has 3 nitrogen and oxygen atoms in total. The summed E-state index contributed by atoms with van der Waals surface area (Å²) in [6, 6.07) is 1.77. The van der Waals surface area contributed by atoms with E-state index in [4.69, 9.17) is 11.6 Å². The van der Waals surface area contributed by atoms with Crippen LogP contribution in [0.3, 0.4) is 0 Å². The highest BCUT2D eigenvalue weighted by Crippen LogP contribution is 2.33. The van der Waals surface area contributed by atoms with E-state index in [-0.39, 0.29) is 12.1 Å². The number of aromatic nitrogens is 2.